The zero-order valence-electron chi connectivity index (χ0n) is 22.9. The van der Waals surface area contributed by atoms with Crippen LogP contribution in [-0.2, 0) is 33.5 Å². The Kier molecular flexibility index (Phi) is 8.48. The highest BCUT2D eigenvalue weighted by atomic mass is 32.2. The average Bonchev–Trinajstić information content (AvgIpc) is 3.45. The number of rotatable bonds is 8. The molecule has 1 aliphatic heterocycles. The highest BCUT2D eigenvalue weighted by Gasteiger charge is 2.41. The number of alkyl halides is 5. The van der Waals surface area contributed by atoms with Gasteiger partial charge in [0.25, 0.3) is 11.5 Å². The molecule has 234 valence electrons. The van der Waals surface area contributed by atoms with Crippen molar-refractivity contribution in [2.24, 2.45) is 0 Å². The fraction of sp³-hybridized carbons (Fsp3) is 0.333. The number of piperazine rings is 1. The zero-order valence-corrected chi connectivity index (χ0v) is 24.6. The van der Waals surface area contributed by atoms with E-state index in [4.69, 9.17) is 0 Å². The summed E-state index contributed by atoms with van der Waals surface area (Å²) in [5, 5.41) is 9.00. The lowest BCUT2D eigenvalue weighted by Crippen LogP contribution is -2.60. The topological polar surface area (TPSA) is 128 Å². The number of aromatic amines is 1. The van der Waals surface area contributed by atoms with Crippen molar-refractivity contribution in [3.8, 4) is 0 Å². The molecule has 17 heteroatoms. The highest BCUT2D eigenvalue weighted by Crippen LogP contribution is 2.33. The van der Waals surface area contributed by atoms with Crippen molar-refractivity contribution in [3.05, 3.63) is 81.8 Å². The molecule has 10 nitrogen and oxygen atoms in total. The molecular formula is C27H25F5N6O4S2. The number of amides is 1. The van der Waals surface area contributed by atoms with Gasteiger partial charge in [0.15, 0.2) is 5.13 Å². The van der Waals surface area contributed by atoms with E-state index in [2.05, 4.69) is 20.5 Å². The fourth-order valence-electron chi connectivity index (χ4n) is 4.68. The Morgan fingerprint density at radius 2 is 1.70 bits per heavy atom. The first-order valence-corrected chi connectivity index (χ1v) is 15.5. The van der Waals surface area contributed by atoms with E-state index in [9.17, 15) is 40.0 Å². The first-order chi connectivity index (χ1) is 20.7. The second-order valence-electron chi connectivity index (χ2n) is 9.98. The van der Waals surface area contributed by atoms with E-state index < -0.39 is 50.1 Å². The summed E-state index contributed by atoms with van der Waals surface area (Å²) in [5.41, 5.74) is -0.884. The average molecular weight is 657 g/mol. The number of carbonyl (C=O) groups is 1. The van der Waals surface area contributed by atoms with E-state index >= 15 is 0 Å². The van der Waals surface area contributed by atoms with Crippen LogP contribution in [0.1, 0.15) is 30.0 Å². The first-order valence-electron chi connectivity index (χ1n) is 13.2. The van der Waals surface area contributed by atoms with Crippen LogP contribution in [-0.4, -0.2) is 59.5 Å². The summed E-state index contributed by atoms with van der Waals surface area (Å²) >= 11 is 1.03. The number of nitrogens with one attached hydrogen (secondary N) is 2. The van der Waals surface area contributed by atoms with Crippen molar-refractivity contribution < 1.29 is 35.2 Å². The smallest absolute Gasteiger partial charge is 0.351 e. The minimum Gasteiger partial charge on any atom is -0.351 e. The van der Waals surface area contributed by atoms with Gasteiger partial charge in [-0.2, -0.15) is 22.6 Å². The molecule has 3 heterocycles. The van der Waals surface area contributed by atoms with E-state index in [1.54, 1.807) is 4.90 Å². The van der Waals surface area contributed by atoms with Crippen LogP contribution in [0.15, 0.2) is 64.4 Å². The number of nitrogens with zero attached hydrogens (tertiary/aromatic N) is 4. The normalized spacial score (nSPS) is 16.8. The standard InChI is InChI=1S/C27H25F5N6O4S2/c1-2-26(28,29)17-5-3-16(4-6-17)13-33-23(39)21-15-37(25-35-20-14-34-36-24(40)22(20)43-25)11-12-38(21)44(41,42)19-9-7-18(8-10-19)27(30,31)32/h3-10,14,21H,2,11-13,15H2,1H3,(H,33,39)(H,36,40)/t21-/m1/s1. The van der Waals surface area contributed by atoms with E-state index in [1.807, 2.05) is 0 Å². The minimum absolute atomic E-state index is 0.0574. The molecule has 0 spiro atoms. The van der Waals surface area contributed by atoms with Crippen molar-refractivity contribution in [1.82, 2.24) is 24.8 Å². The number of thiazole rings is 1. The maximum atomic E-state index is 14.0. The van der Waals surface area contributed by atoms with Crippen LogP contribution >= 0.6 is 11.3 Å². The summed E-state index contributed by atoms with van der Waals surface area (Å²) in [7, 11) is -4.45. The van der Waals surface area contributed by atoms with Gasteiger partial charge in [0.05, 0.1) is 16.7 Å². The maximum absolute atomic E-state index is 14.0. The molecule has 2 N–H and O–H groups in total. The summed E-state index contributed by atoms with van der Waals surface area (Å²) in [5.74, 6) is -3.74. The summed E-state index contributed by atoms with van der Waals surface area (Å²) in [6.07, 6.45) is -3.70. The van der Waals surface area contributed by atoms with Crippen LogP contribution in [0.2, 0.25) is 0 Å². The number of H-pyrrole nitrogens is 1. The number of sulfonamides is 1. The molecule has 1 aliphatic rings. The van der Waals surface area contributed by atoms with Crippen LogP contribution in [0.4, 0.5) is 27.1 Å². The Labute approximate surface area is 251 Å². The van der Waals surface area contributed by atoms with E-state index in [-0.39, 0.29) is 42.9 Å². The third-order valence-electron chi connectivity index (χ3n) is 7.18. The van der Waals surface area contributed by atoms with Crippen molar-refractivity contribution >= 4 is 42.6 Å². The number of aromatic nitrogens is 3. The third-order valence-corrected chi connectivity index (χ3v) is 10.2. The molecule has 2 aromatic carbocycles. The molecule has 0 radical (unpaired) electrons. The van der Waals surface area contributed by atoms with Gasteiger partial charge in [0, 0.05) is 38.2 Å². The maximum Gasteiger partial charge on any atom is 0.416 e. The Balaban J connectivity index is 1.42. The molecule has 1 amide bonds. The highest BCUT2D eigenvalue weighted by molar-refractivity contribution is 7.89. The Morgan fingerprint density at radius 1 is 1.05 bits per heavy atom. The molecule has 0 saturated carbocycles. The lowest BCUT2D eigenvalue weighted by Gasteiger charge is -2.39. The van der Waals surface area contributed by atoms with Crippen molar-refractivity contribution in [3.63, 3.8) is 0 Å². The molecule has 2 aromatic heterocycles. The number of fused-ring (bicyclic) bond motifs is 1. The van der Waals surface area contributed by atoms with Crippen LogP contribution in [0, 0.1) is 0 Å². The fourth-order valence-corrected chi connectivity index (χ4v) is 7.21. The predicted octanol–water partition coefficient (Wildman–Crippen LogP) is 4.10. The van der Waals surface area contributed by atoms with Crippen molar-refractivity contribution in [1.29, 1.82) is 0 Å². The van der Waals surface area contributed by atoms with Gasteiger partial charge in [0.2, 0.25) is 15.9 Å². The van der Waals surface area contributed by atoms with Crippen LogP contribution in [0.3, 0.4) is 0 Å². The van der Waals surface area contributed by atoms with Gasteiger partial charge in [-0.1, -0.05) is 42.5 Å². The summed E-state index contributed by atoms with van der Waals surface area (Å²) in [6.45, 7) is 0.881. The van der Waals surface area contributed by atoms with Gasteiger partial charge in [-0.15, -0.1) is 0 Å². The molecular weight excluding hydrogens is 631 g/mol. The molecule has 5 rings (SSSR count). The second kappa shape index (κ2) is 11.9. The minimum atomic E-state index is -4.67. The van der Waals surface area contributed by atoms with Crippen LogP contribution in [0.5, 0.6) is 0 Å². The van der Waals surface area contributed by atoms with Gasteiger partial charge < -0.3 is 10.2 Å². The number of benzene rings is 2. The Hall–Kier alpha value is -3.96. The van der Waals surface area contributed by atoms with Gasteiger partial charge in [-0.05, 0) is 29.8 Å². The molecule has 0 bridgehead atoms. The van der Waals surface area contributed by atoms with Gasteiger partial charge >= 0.3 is 6.18 Å². The number of hydrogen-bond donors (Lipinski definition) is 2. The number of halogens is 5. The lowest BCUT2D eigenvalue weighted by atomic mass is 10.0. The van der Waals surface area contributed by atoms with Crippen molar-refractivity contribution in [2.75, 3.05) is 24.5 Å². The number of anilines is 1. The molecule has 0 aliphatic carbocycles. The number of carbonyl (C=O) groups excluding carboxylic acids is 1. The Morgan fingerprint density at radius 3 is 2.32 bits per heavy atom. The largest absolute Gasteiger partial charge is 0.416 e. The molecule has 1 fully saturated rings. The quantitative estimate of drug-likeness (QED) is 0.274. The summed E-state index contributed by atoms with van der Waals surface area (Å²) in [4.78, 5) is 31.3. The first kappa shape index (κ1) is 31.5. The van der Waals surface area contributed by atoms with Gasteiger partial charge in [-0.3, -0.25) is 9.59 Å². The third kappa shape index (κ3) is 6.30. The molecule has 0 unspecified atom stereocenters. The number of hydrogen-bond acceptors (Lipinski definition) is 8. The van der Waals surface area contributed by atoms with Crippen LogP contribution < -0.4 is 15.8 Å². The monoisotopic (exact) mass is 656 g/mol. The molecule has 1 saturated heterocycles. The summed E-state index contributed by atoms with van der Waals surface area (Å²) in [6, 6.07) is 6.96. The predicted molar refractivity (Wildman–Crippen MR) is 152 cm³/mol. The lowest BCUT2D eigenvalue weighted by molar-refractivity contribution is -0.137. The van der Waals surface area contributed by atoms with Crippen LogP contribution in [0.25, 0.3) is 10.2 Å². The molecule has 44 heavy (non-hydrogen) atoms. The zero-order chi connectivity index (χ0) is 31.9. The van der Waals surface area contributed by atoms with Crippen molar-refractivity contribution in [2.45, 2.75) is 42.9 Å². The second-order valence-corrected chi connectivity index (χ2v) is 12.9. The molecule has 1 atom stereocenters. The van der Waals surface area contributed by atoms with E-state index in [1.165, 1.54) is 37.4 Å². The summed E-state index contributed by atoms with van der Waals surface area (Å²) < 4.78 is 95.7. The van der Waals surface area contributed by atoms with Gasteiger partial charge in [-0.25, -0.2) is 27.3 Å². The SMILES string of the molecule is CCC(F)(F)c1ccc(CNC(=O)[C@H]2CN(c3nc4cn[nH]c(=O)c4s3)CCN2S(=O)(=O)c2ccc(C(F)(F)F)cc2)cc1. The Bertz CT molecular complexity index is 1830. The van der Waals surface area contributed by atoms with Gasteiger partial charge in [0.1, 0.15) is 16.3 Å². The van der Waals surface area contributed by atoms with E-state index in [0.717, 1.165) is 27.8 Å². The molecule has 4 aromatic rings. The van der Waals surface area contributed by atoms with E-state index in [0.29, 0.717) is 28.3 Å².